The molecule has 1 aliphatic heterocycles. The molecule has 2 aromatic carbocycles. The fourth-order valence-corrected chi connectivity index (χ4v) is 3.86. The van der Waals surface area contributed by atoms with Gasteiger partial charge in [0.15, 0.2) is 0 Å². The number of carbonyl (C=O) groups is 4. The van der Waals surface area contributed by atoms with Crippen molar-refractivity contribution in [2.24, 2.45) is 0 Å². The van der Waals surface area contributed by atoms with Crippen molar-refractivity contribution in [1.29, 1.82) is 0 Å². The van der Waals surface area contributed by atoms with E-state index in [1.165, 1.54) is 31.4 Å². The quantitative estimate of drug-likeness (QED) is 0.504. The van der Waals surface area contributed by atoms with Crippen LogP contribution in [0.25, 0.3) is 0 Å². The number of nitrogens with zero attached hydrogens (tertiary/aromatic N) is 2. The van der Waals surface area contributed by atoms with Crippen molar-refractivity contribution in [2.75, 3.05) is 12.0 Å². The molecule has 0 spiro atoms. The van der Waals surface area contributed by atoms with Crippen molar-refractivity contribution >= 4 is 29.4 Å². The Kier molecular flexibility index (Phi) is 6.84. The number of esters is 1. The minimum atomic E-state index is -0.873. The van der Waals surface area contributed by atoms with Crippen LogP contribution in [0.15, 0.2) is 54.6 Å². The van der Waals surface area contributed by atoms with Crippen LogP contribution in [-0.4, -0.2) is 41.7 Å². The Morgan fingerprint density at radius 3 is 2.32 bits per heavy atom. The molecule has 1 fully saturated rings. The van der Waals surface area contributed by atoms with E-state index in [0.29, 0.717) is 24.1 Å². The van der Waals surface area contributed by atoms with Crippen molar-refractivity contribution in [3.8, 4) is 0 Å². The van der Waals surface area contributed by atoms with E-state index in [-0.39, 0.29) is 24.3 Å². The van der Waals surface area contributed by atoms with Gasteiger partial charge in [0.2, 0.25) is 11.8 Å². The molecule has 0 saturated carbocycles. The van der Waals surface area contributed by atoms with Gasteiger partial charge in [-0.3, -0.25) is 14.4 Å². The van der Waals surface area contributed by atoms with E-state index in [2.05, 4.69) is 4.74 Å². The molecule has 7 nitrogen and oxygen atoms in total. The lowest BCUT2D eigenvalue weighted by molar-refractivity contribution is -0.141. The maximum Gasteiger partial charge on any atom is 0.337 e. The van der Waals surface area contributed by atoms with Gasteiger partial charge in [-0.15, -0.1) is 0 Å². The van der Waals surface area contributed by atoms with Crippen molar-refractivity contribution < 1.29 is 23.9 Å². The van der Waals surface area contributed by atoms with E-state index in [1.807, 2.05) is 44.2 Å². The largest absolute Gasteiger partial charge is 0.465 e. The molecule has 1 heterocycles. The summed E-state index contributed by atoms with van der Waals surface area (Å²) in [6.45, 7) is 3.77. The Morgan fingerprint density at radius 1 is 1.10 bits per heavy atom. The van der Waals surface area contributed by atoms with E-state index in [0.717, 1.165) is 10.5 Å². The third-order valence-electron chi connectivity index (χ3n) is 5.46. The molecule has 1 saturated heterocycles. The Morgan fingerprint density at radius 2 is 1.74 bits per heavy atom. The summed E-state index contributed by atoms with van der Waals surface area (Å²) >= 11 is 0. The molecule has 0 radical (unpaired) electrons. The SMILES string of the molecule is CCCC(=O)N(C1CC(=O)N(c2ccc(C(=O)OC)cc2)C1=O)C(C)c1ccccc1. The number of hydrogen-bond acceptors (Lipinski definition) is 5. The van der Waals surface area contributed by atoms with Crippen LogP contribution in [0.1, 0.15) is 55.1 Å². The molecule has 2 unspecified atom stereocenters. The third kappa shape index (κ3) is 4.50. The van der Waals surface area contributed by atoms with E-state index >= 15 is 0 Å². The minimum Gasteiger partial charge on any atom is -0.465 e. The molecule has 31 heavy (non-hydrogen) atoms. The fraction of sp³-hybridized carbons (Fsp3) is 0.333. The number of ether oxygens (including phenoxy) is 1. The van der Waals surface area contributed by atoms with Crippen LogP contribution in [0.5, 0.6) is 0 Å². The number of amides is 3. The summed E-state index contributed by atoms with van der Waals surface area (Å²) in [5.74, 6) is -1.48. The van der Waals surface area contributed by atoms with Crippen LogP contribution in [0.2, 0.25) is 0 Å². The van der Waals surface area contributed by atoms with Crippen molar-refractivity contribution in [1.82, 2.24) is 4.90 Å². The van der Waals surface area contributed by atoms with Gasteiger partial charge >= 0.3 is 5.97 Å². The van der Waals surface area contributed by atoms with E-state index in [1.54, 1.807) is 4.90 Å². The summed E-state index contributed by atoms with van der Waals surface area (Å²) in [5, 5.41) is 0. The second-order valence-corrected chi connectivity index (χ2v) is 7.46. The molecular formula is C24H26N2O5. The third-order valence-corrected chi connectivity index (χ3v) is 5.46. The molecule has 1 aliphatic rings. The van der Waals surface area contributed by atoms with Crippen LogP contribution in [0.4, 0.5) is 5.69 Å². The van der Waals surface area contributed by atoms with Gasteiger partial charge in [0.05, 0.1) is 30.8 Å². The minimum absolute atomic E-state index is 0.0792. The molecule has 7 heteroatoms. The highest BCUT2D eigenvalue weighted by Gasteiger charge is 2.45. The van der Waals surface area contributed by atoms with Crippen LogP contribution in [-0.2, 0) is 19.1 Å². The summed E-state index contributed by atoms with van der Waals surface area (Å²) in [7, 11) is 1.28. The summed E-state index contributed by atoms with van der Waals surface area (Å²) < 4.78 is 4.68. The van der Waals surface area contributed by atoms with Gasteiger partial charge in [-0.1, -0.05) is 37.3 Å². The summed E-state index contributed by atoms with van der Waals surface area (Å²) in [5.41, 5.74) is 1.58. The smallest absolute Gasteiger partial charge is 0.337 e. The van der Waals surface area contributed by atoms with E-state index in [9.17, 15) is 19.2 Å². The molecule has 0 aromatic heterocycles. The number of rotatable bonds is 7. The summed E-state index contributed by atoms with van der Waals surface area (Å²) in [6, 6.07) is 14.3. The molecule has 3 rings (SSSR count). The second kappa shape index (κ2) is 9.55. The first-order chi connectivity index (χ1) is 14.9. The van der Waals surface area contributed by atoms with E-state index < -0.39 is 17.9 Å². The van der Waals surface area contributed by atoms with Gasteiger partial charge in [0, 0.05) is 6.42 Å². The number of benzene rings is 2. The first-order valence-corrected chi connectivity index (χ1v) is 10.3. The average molecular weight is 422 g/mol. The number of carbonyl (C=O) groups excluding carboxylic acids is 4. The Labute approximate surface area is 181 Å². The number of methoxy groups -OCH3 is 1. The predicted octanol–water partition coefficient (Wildman–Crippen LogP) is 3.50. The molecule has 162 valence electrons. The molecule has 0 bridgehead atoms. The van der Waals surface area contributed by atoms with Gasteiger partial charge < -0.3 is 9.64 Å². The molecule has 0 N–H and O–H groups in total. The summed E-state index contributed by atoms with van der Waals surface area (Å²) in [6.07, 6.45) is 0.859. The molecular weight excluding hydrogens is 396 g/mol. The van der Waals surface area contributed by atoms with Gasteiger partial charge in [0.25, 0.3) is 5.91 Å². The topological polar surface area (TPSA) is 84.0 Å². The Hall–Kier alpha value is -3.48. The molecule has 2 aromatic rings. The summed E-state index contributed by atoms with van der Waals surface area (Å²) in [4.78, 5) is 53.4. The van der Waals surface area contributed by atoms with Crippen LogP contribution in [0, 0.1) is 0 Å². The highest BCUT2D eigenvalue weighted by molar-refractivity contribution is 6.23. The van der Waals surface area contributed by atoms with Crippen molar-refractivity contribution in [3.05, 3.63) is 65.7 Å². The Balaban J connectivity index is 1.91. The maximum absolute atomic E-state index is 13.3. The normalized spacial score (nSPS) is 16.9. The van der Waals surface area contributed by atoms with Gasteiger partial charge in [-0.05, 0) is 43.2 Å². The molecule has 3 amide bonds. The molecule has 0 aliphatic carbocycles. The zero-order valence-electron chi connectivity index (χ0n) is 17.9. The number of hydrogen-bond donors (Lipinski definition) is 0. The maximum atomic E-state index is 13.3. The standard InChI is InChI=1S/C24H26N2O5/c1-4-8-21(27)25(16(2)17-9-6-5-7-10-17)20-15-22(28)26(23(20)29)19-13-11-18(12-14-19)24(30)31-3/h5-7,9-14,16,20H,4,8,15H2,1-3H3. The van der Waals surface area contributed by atoms with Gasteiger partial charge in [-0.2, -0.15) is 0 Å². The second-order valence-electron chi connectivity index (χ2n) is 7.46. The Bertz CT molecular complexity index is 971. The predicted molar refractivity (Wildman–Crippen MR) is 115 cm³/mol. The average Bonchev–Trinajstić information content (AvgIpc) is 3.07. The van der Waals surface area contributed by atoms with Gasteiger partial charge in [0.1, 0.15) is 6.04 Å². The van der Waals surface area contributed by atoms with Crippen LogP contribution in [0.3, 0.4) is 0 Å². The zero-order chi connectivity index (χ0) is 22.5. The number of imide groups is 1. The lowest BCUT2D eigenvalue weighted by Crippen LogP contribution is -2.46. The van der Waals surface area contributed by atoms with Crippen LogP contribution >= 0.6 is 0 Å². The first-order valence-electron chi connectivity index (χ1n) is 10.3. The zero-order valence-corrected chi connectivity index (χ0v) is 17.9. The van der Waals surface area contributed by atoms with Crippen molar-refractivity contribution in [2.45, 2.75) is 45.2 Å². The fourth-order valence-electron chi connectivity index (χ4n) is 3.86. The lowest BCUT2D eigenvalue weighted by atomic mass is 10.0. The van der Waals surface area contributed by atoms with Crippen LogP contribution < -0.4 is 4.90 Å². The lowest BCUT2D eigenvalue weighted by Gasteiger charge is -2.33. The van der Waals surface area contributed by atoms with Gasteiger partial charge in [-0.25, -0.2) is 9.69 Å². The van der Waals surface area contributed by atoms with Crippen molar-refractivity contribution in [3.63, 3.8) is 0 Å². The molecule has 2 atom stereocenters. The first kappa shape index (κ1) is 22.2. The van der Waals surface area contributed by atoms with E-state index in [4.69, 9.17) is 0 Å². The number of anilines is 1. The highest BCUT2D eigenvalue weighted by atomic mass is 16.5. The monoisotopic (exact) mass is 422 g/mol. The highest BCUT2D eigenvalue weighted by Crippen LogP contribution is 2.32.